The Bertz CT molecular complexity index is 491. The third kappa shape index (κ3) is 3.86. The molecule has 1 fully saturated rings. The van der Waals surface area contributed by atoms with Crippen molar-refractivity contribution in [3.63, 3.8) is 0 Å². The van der Waals surface area contributed by atoms with Gasteiger partial charge in [-0.05, 0) is 25.1 Å². The molecule has 1 heterocycles. The van der Waals surface area contributed by atoms with Crippen molar-refractivity contribution in [1.82, 2.24) is 10.2 Å². The number of rotatable bonds is 2. The minimum atomic E-state index is -4.76. The third-order valence-corrected chi connectivity index (χ3v) is 2.97. The highest BCUT2D eigenvalue weighted by Crippen LogP contribution is 2.23. The maximum Gasteiger partial charge on any atom is 0.573 e. The Balaban J connectivity index is 2.12. The van der Waals surface area contributed by atoms with E-state index in [0.717, 1.165) is 6.07 Å². The van der Waals surface area contributed by atoms with Crippen molar-refractivity contribution in [2.45, 2.75) is 19.3 Å². The molecule has 0 spiro atoms. The van der Waals surface area contributed by atoms with Gasteiger partial charge in [-0.3, -0.25) is 4.79 Å². The third-order valence-electron chi connectivity index (χ3n) is 2.97. The SMILES string of the molecule is C[C@H]1CN(C(=O)c2cccc(OC(F)(F)F)c2)CCN1. The smallest absolute Gasteiger partial charge is 0.406 e. The highest BCUT2D eigenvalue weighted by atomic mass is 19.4. The predicted molar refractivity (Wildman–Crippen MR) is 66.5 cm³/mol. The van der Waals surface area contributed by atoms with Crippen molar-refractivity contribution in [1.29, 1.82) is 0 Å². The second kappa shape index (κ2) is 5.70. The number of hydrogen-bond donors (Lipinski definition) is 1. The fourth-order valence-corrected chi connectivity index (χ4v) is 2.13. The number of amides is 1. The van der Waals surface area contributed by atoms with Crippen molar-refractivity contribution in [2.75, 3.05) is 19.6 Å². The molecule has 2 rings (SSSR count). The number of nitrogens with zero attached hydrogens (tertiary/aromatic N) is 1. The summed E-state index contributed by atoms with van der Waals surface area (Å²) in [5.41, 5.74) is 0.195. The molecule has 1 saturated heterocycles. The van der Waals surface area contributed by atoms with Gasteiger partial charge in [0.2, 0.25) is 0 Å². The molecule has 1 aliphatic rings. The summed E-state index contributed by atoms with van der Waals surface area (Å²) in [5, 5.41) is 3.19. The number of hydrogen-bond acceptors (Lipinski definition) is 3. The van der Waals surface area contributed by atoms with Gasteiger partial charge in [-0.2, -0.15) is 0 Å². The van der Waals surface area contributed by atoms with Crippen LogP contribution >= 0.6 is 0 Å². The Morgan fingerprint density at radius 3 is 2.85 bits per heavy atom. The maximum atomic E-state index is 12.2. The molecule has 1 amide bonds. The van der Waals surface area contributed by atoms with Gasteiger partial charge in [-0.15, -0.1) is 13.2 Å². The molecule has 0 bridgehead atoms. The maximum absolute atomic E-state index is 12.2. The summed E-state index contributed by atoms with van der Waals surface area (Å²) in [7, 11) is 0. The molecule has 0 aliphatic carbocycles. The summed E-state index contributed by atoms with van der Waals surface area (Å²) in [6.07, 6.45) is -4.76. The van der Waals surface area contributed by atoms with Crippen LogP contribution in [0.3, 0.4) is 0 Å². The second-order valence-electron chi connectivity index (χ2n) is 4.68. The van der Waals surface area contributed by atoms with Crippen LogP contribution in [-0.2, 0) is 0 Å². The Kier molecular flexibility index (Phi) is 4.17. The van der Waals surface area contributed by atoms with Crippen molar-refractivity contribution in [3.05, 3.63) is 29.8 Å². The second-order valence-corrected chi connectivity index (χ2v) is 4.68. The summed E-state index contributed by atoms with van der Waals surface area (Å²) in [6, 6.07) is 5.31. The normalized spacial score (nSPS) is 19.8. The summed E-state index contributed by atoms with van der Waals surface area (Å²) >= 11 is 0. The number of benzene rings is 1. The lowest BCUT2D eigenvalue weighted by molar-refractivity contribution is -0.274. The minimum Gasteiger partial charge on any atom is -0.406 e. The van der Waals surface area contributed by atoms with Gasteiger partial charge in [0.05, 0.1) is 0 Å². The molecule has 1 aromatic carbocycles. The van der Waals surface area contributed by atoms with Crippen LogP contribution in [0.2, 0.25) is 0 Å². The number of halogens is 3. The number of piperazine rings is 1. The Hall–Kier alpha value is -1.76. The minimum absolute atomic E-state index is 0.169. The molecule has 0 radical (unpaired) electrons. The lowest BCUT2D eigenvalue weighted by Crippen LogP contribution is -2.51. The zero-order valence-corrected chi connectivity index (χ0v) is 10.9. The fourth-order valence-electron chi connectivity index (χ4n) is 2.13. The van der Waals surface area contributed by atoms with E-state index in [2.05, 4.69) is 10.1 Å². The number of alkyl halides is 3. The van der Waals surface area contributed by atoms with E-state index in [1.165, 1.54) is 18.2 Å². The van der Waals surface area contributed by atoms with Crippen LogP contribution in [0.1, 0.15) is 17.3 Å². The van der Waals surface area contributed by atoms with Crippen LogP contribution in [-0.4, -0.2) is 42.8 Å². The molecule has 1 atom stereocenters. The number of carbonyl (C=O) groups is 1. The predicted octanol–water partition coefficient (Wildman–Crippen LogP) is 2.02. The molecule has 0 saturated carbocycles. The zero-order chi connectivity index (χ0) is 14.8. The molecule has 20 heavy (non-hydrogen) atoms. The van der Waals surface area contributed by atoms with Crippen molar-refractivity contribution in [3.8, 4) is 5.75 Å². The van der Waals surface area contributed by atoms with E-state index in [9.17, 15) is 18.0 Å². The molecule has 4 nitrogen and oxygen atoms in total. The topological polar surface area (TPSA) is 41.6 Å². The first-order chi connectivity index (χ1) is 9.35. The van der Waals surface area contributed by atoms with Crippen molar-refractivity contribution < 1.29 is 22.7 Å². The van der Waals surface area contributed by atoms with Crippen molar-refractivity contribution >= 4 is 5.91 Å². The number of ether oxygens (including phenoxy) is 1. The molecule has 0 aromatic heterocycles. The summed E-state index contributed by atoms with van der Waals surface area (Å²) < 4.78 is 40.3. The summed E-state index contributed by atoms with van der Waals surface area (Å²) in [4.78, 5) is 13.8. The van der Waals surface area contributed by atoms with E-state index in [-0.39, 0.29) is 23.3 Å². The van der Waals surface area contributed by atoms with Gasteiger partial charge in [0.15, 0.2) is 0 Å². The van der Waals surface area contributed by atoms with Gasteiger partial charge < -0.3 is 15.0 Å². The first-order valence-corrected chi connectivity index (χ1v) is 6.23. The highest BCUT2D eigenvalue weighted by Gasteiger charge is 2.31. The zero-order valence-electron chi connectivity index (χ0n) is 10.9. The van der Waals surface area contributed by atoms with E-state index in [4.69, 9.17) is 0 Å². The Labute approximate surface area is 114 Å². The molecule has 1 aliphatic heterocycles. The van der Waals surface area contributed by atoms with Crippen LogP contribution in [0, 0.1) is 0 Å². The first-order valence-electron chi connectivity index (χ1n) is 6.23. The summed E-state index contributed by atoms with van der Waals surface area (Å²) in [6.45, 7) is 3.69. The van der Waals surface area contributed by atoms with Gasteiger partial charge in [0, 0.05) is 31.2 Å². The number of carbonyl (C=O) groups excluding carboxylic acids is 1. The van der Waals surface area contributed by atoms with E-state index < -0.39 is 6.36 Å². The molecular formula is C13H15F3N2O2. The van der Waals surface area contributed by atoms with Crippen LogP contribution in [0.5, 0.6) is 5.75 Å². The standard InChI is InChI=1S/C13H15F3N2O2/c1-9-8-18(6-5-17-9)12(19)10-3-2-4-11(7-10)20-13(14,15)16/h2-4,7,9,17H,5-6,8H2,1H3/t9-/m0/s1. The van der Waals surface area contributed by atoms with Crippen LogP contribution < -0.4 is 10.1 Å². The lowest BCUT2D eigenvalue weighted by atomic mass is 10.1. The molecule has 7 heteroatoms. The average molecular weight is 288 g/mol. The molecular weight excluding hydrogens is 273 g/mol. The molecule has 1 N–H and O–H groups in total. The first kappa shape index (κ1) is 14.6. The van der Waals surface area contributed by atoms with E-state index >= 15 is 0 Å². The Morgan fingerprint density at radius 2 is 2.20 bits per heavy atom. The molecule has 0 unspecified atom stereocenters. The quantitative estimate of drug-likeness (QED) is 0.905. The van der Waals surface area contributed by atoms with E-state index in [0.29, 0.717) is 19.6 Å². The number of nitrogens with one attached hydrogen (secondary N) is 1. The lowest BCUT2D eigenvalue weighted by Gasteiger charge is -2.32. The van der Waals surface area contributed by atoms with Gasteiger partial charge in [-0.1, -0.05) is 6.07 Å². The fraction of sp³-hybridized carbons (Fsp3) is 0.462. The van der Waals surface area contributed by atoms with E-state index in [1.807, 2.05) is 6.92 Å². The molecule has 1 aromatic rings. The van der Waals surface area contributed by atoms with Gasteiger partial charge in [0.25, 0.3) is 5.91 Å². The monoisotopic (exact) mass is 288 g/mol. The van der Waals surface area contributed by atoms with E-state index in [1.54, 1.807) is 4.90 Å². The largest absolute Gasteiger partial charge is 0.573 e. The van der Waals surface area contributed by atoms with Crippen LogP contribution in [0.25, 0.3) is 0 Å². The van der Waals surface area contributed by atoms with Crippen LogP contribution in [0.15, 0.2) is 24.3 Å². The average Bonchev–Trinajstić information content (AvgIpc) is 2.36. The Morgan fingerprint density at radius 1 is 1.45 bits per heavy atom. The van der Waals surface area contributed by atoms with Gasteiger partial charge in [0.1, 0.15) is 5.75 Å². The highest BCUT2D eigenvalue weighted by molar-refractivity contribution is 5.94. The van der Waals surface area contributed by atoms with Crippen LogP contribution in [0.4, 0.5) is 13.2 Å². The molecule has 110 valence electrons. The summed E-state index contributed by atoms with van der Waals surface area (Å²) in [5.74, 6) is -0.669. The van der Waals surface area contributed by atoms with Gasteiger partial charge in [-0.25, -0.2) is 0 Å². The van der Waals surface area contributed by atoms with Crippen molar-refractivity contribution in [2.24, 2.45) is 0 Å². The van der Waals surface area contributed by atoms with Gasteiger partial charge >= 0.3 is 6.36 Å².